The van der Waals surface area contributed by atoms with Crippen LogP contribution < -0.4 is 16.0 Å². The molecule has 0 saturated heterocycles. The second-order valence-electron chi connectivity index (χ2n) is 5.62. The maximum atomic E-state index is 10.6. The molecule has 0 atom stereocenters. The number of non-ortho nitro benzene ring substituents is 1. The van der Waals surface area contributed by atoms with Gasteiger partial charge in [-0.05, 0) is 31.9 Å². The van der Waals surface area contributed by atoms with Gasteiger partial charge < -0.3 is 16.0 Å². The van der Waals surface area contributed by atoms with Gasteiger partial charge in [-0.3, -0.25) is 15.1 Å². The van der Waals surface area contributed by atoms with Crippen LogP contribution in [0.15, 0.2) is 29.3 Å². The molecule has 0 spiro atoms. The Labute approximate surface area is 136 Å². The van der Waals surface area contributed by atoms with E-state index in [1.54, 1.807) is 12.1 Å². The fourth-order valence-corrected chi connectivity index (χ4v) is 2.65. The lowest BCUT2D eigenvalue weighted by atomic mass is 10.2. The standard InChI is InChI=1S/C16H25N5O2/c1-2-17-16(20-14-5-3-4-6-14)19-12-11-18-13-7-9-15(10-8-13)21(22)23/h7-10,14,18H,2-6,11-12H2,1H3,(H2,17,19,20). The lowest BCUT2D eigenvalue weighted by Gasteiger charge is -2.16. The molecule has 3 N–H and O–H groups in total. The molecule has 7 nitrogen and oxygen atoms in total. The van der Waals surface area contributed by atoms with Crippen LogP contribution >= 0.6 is 0 Å². The van der Waals surface area contributed by atoms with Gasteiger partial charge >= 0.3 is 0 Å². The summed E-state index contributed by atoms with van der Waals surface area (Å²) in [6.45, 7) is 4.22. The summed E-state index contributed by atoms with van der Waals surface area (Å²) in [6, 6.07) is 6.96. The zero-order chi connectivity index (χ0) is 16.5. The van der Waals surface area contributed by atoms with Crippen molar-refractivity contribution in [3.05, 3.63) is 34.4 Å². The van der Waals surface area contributed by atoms with Gasteiger partial charge in [0.2, 0.25) is 0 Å². The number of nitro benzene ring substituents is 1. The van der Waals surface area contributed by atoms with E-state index >= 15 is 0 Å². The highest BCUT2D eigenvalue weighted by atomic mass is 16.6. The Morgan fingerprint density at radius 1 is 1.30 bits per heavy atom. The quantitative estimate of drug-likeness (QED) is 0.236. The molecule has 0 amide bonds. The number of benzene rings is 1. The third-order valence-electron chi connectivity index (χ3n) is 3.83. The normalized spacial score (nSPS) is 15.4. The number of anilines is 1. The topological polar surface area (TPSA) is 91.6 Å². The Bertz CT molecular complexity index is 524. The number of nitro groups is 1. The van der Waals surface area contributed by atoms with Crippen LogP contribution in [0.4, 0.5) is 11.4 Å². The van der Waals surface area contributed by atoms with Crippen LogP contribution in [0, 0.1) is 10.1 Å². The Balaban J connectivity index is 1.77. The molecule has 0 aromatic heterocycles. The minimum absolute atomic E-state index is 0.101. The monoisotopic (exact) mass is 319 g/mol. The van der Waals surface area contributed by atoms with Crippen molar-refractivity contribution in [1.29, 1.82) is 0 Å². The van der Waals surface area contributed by atoms with E-state index in [2.05, 4.69) is 27.9 Å². The number of hydrogen-bond acceptors (Lipinski definition) is 4. The summed E-state index contributed by atoms with van der Waals surface area (Å²) >= 11 is 0. The molecule has 1 aromatic carbocycles. The van der Waals surface area contributed by atoms with Crippen molar-refractivity contribution in [2.45, 2.75) is 38.6 Å². The largest absolute Gasteiger partial charge is 0.383 e. The van der Waals surface area contributed by atoms with Gasteiger partial charge in [0.15, 0.2) is 5.96 Å². The van der Waals surface area contributed by atoms with E-state index in [9.17, 15) is 10.1 Å². The Hall–Kier alpha value is -2.31. The number of nitrogens with one attached hydrogen (secondary N) is 3. The Morgan fingerprint density at radius 2 is 2.00 bits per heavy atom. The van der Waals surface area contributed by atoms with Gasteiger partial charge in [-0.15, -0.1) is 0 Å². The van der Waals surface area contributed by atoms with E-state index < -0.39 is 4.92 Å². The van der Waals surface area contributed by atoms with Crippen LogP contribution in [0.5, 0.6) is 0 Å². The summed E-state index contributed by atoms with van der Waals surface area (Å²) in [4.78, 5) is 14.8. The molecule has 1 saturated carbocycles. The van der Waals surface area contributed by atoms with Gasteiger partial charge in [-0.2, -0.15) is 0 Å². The summed E-state index contributed by atoms with van der Waals surface area (Å²) in [5, 5.41) is 20.6. The molecule has 1 fully saturated rings. The van der Waals surface area contributed by atoms with Crippen LogP contribution in [0.25, 0.3) is 0 Å². The second kappa shape index (κ2) is 8.97. The summed E-state index contributed by atoms with van der Waals surface area (Å²) in [6.07, 6.45) is 5.01. The molecule has 0 unspecified atom stereocenters. The van der Waals surface area contributed by atoms with E-state index in [1.165, 1.54) is 37.8 Å². The number of guanidine groups is 1. The van der Waals surface area contributed by atoms with Crippen LogP contribution in [0.2, 0.25) is 0 Å². The minimum atomic E-state index is -0.397. The summed E-state index contributed by atoms with van der Waals surface area (Å²) in [7, 11) is 0. The zero-order valence-electron chi connectivity index (χ0n) is 13.5. The van der Waals surface area contributed by atoms with Crippen molar-refractivity contribution in [2.24, 2.45) is 4.99 Å². The molecular weight excluding hydrogens is 294 g/mol. The van der Waals surface area contributed by atoms with Crippen molar-refractivity contribution < 1.29 is 4.92 Å². The molecule has 1 aromatic rings. The molecule has 1 aliphatic carbocycles. The smallest absolute Gasteiger partial charge is 0.269 e. The first kappa shape index (κ1) is 17.1. The average molecular weight is 319 g/mol. The molecular formula is C16H25N5O2. The lowest BCUT2D eigenvalue weighted by Crippen LogP contribution is -2.42. The molecule has 0 aliphatic heterocycles. The first-order valence-electron chi connectivity index (χ1n) is 8.22. The van der Waals surface area contributed by atoms with Crippen LogP contribution in [-0.2, 0) is 0 Å². The molecule has 0 radical (unpaired) electrons. The SMILES string of the molecule is CCNC(=NCCNc1ccc([N+](=O)[O-])cc1)NC1CCCC1. The van der Waals surface area contributed by atoms with Crippen LogP contribution in [0.3, 0.4) is 0 Å². The van der Waals surface area contributed by atoms with Crippen molar-refractivity contribution in [3.8, 4) is 0 Å². The average Bonchev–Trinajstić information content (AvgIpc) is 3.05. The first-order valence-corrected chi connectivity index (χ1v) is 8.22. The summed E-state index contributed by atoms with van der Waals surface area (Å²) in [5.74, 6) is 0.866. The number of nitrogens with zero attached hydrogens (tertiary/aromatic N) is 2. The van der Waals surface area contributed by atoms with Crippen molar-refractivity contribution in [1.82, 2.24) is 10.6 Å². The highest BCUT2D eigenvalue weighted by Gasteiger charge is 2.15. The summed E-state index contributed by atoms with van der Waals surface area (Å²) < 4.78 is 0. The van der Waals surface area contributed by atoms with Crippen molar-refractivity contribution in [2.75, 3.05) is 25.0 Å². The molecule has 1 aliphatic rings. The van der Waals surface area contributed by atoms with Gasteiger partial charge in [0, 0.05) is 37.0 Å². The van der Waals surface area contributed by atoms with E-state index in [4.69, 9.17) is 0 Å². The third kappa shape index (κ3) is 5.77. The minimum Gasteiger partial charge on any atom is -0.383 e. The predicted octanol–water partition coefficient (Wildman–Crippen LogP) is 2.50. The first-order chi connectivity index (χ1) is 11.2. The van der Waals surface area contributed by atoms with Crippen molar-refractivity contribution in [3.63, 3.8) is 0 Å². The van der Waals surface area contributed by atoms with Gasteiger partial charge in [0.25, 0.3) is 5.69 Å². The fourth-order valence-electron chi connectivity index (χ4n) is 2.65. The highest BCUT2D eigenvalue weighted by Crippen LogP contribution is 2.17. The number of aliphatic imine (C=N–C) groups is 1. The second-order valence-corrected chi connectivity index (χ2v) is 5.62. The molecule has 23 heavy (non-hydrogen) atoms. The predicted molar refractivity (Wildman–Crippen MR) is 93.0 cm³/mol. The maximum absolute atomic E-state index is 10.6. The van der Waals surface area contributed by atoms with E-state index in [0.717, 1.165) is 18.2 Å². The fraction of sp³-hybridized carbons (Fsp3) is 0.562. The van der Waals surface area contributed by atoms with Crippen LogP contribution in [0.1, 0.15) is 32.6 Å². The van der Waals surface area contributed by atoms with E-state index in [-0.39, 0.29) is 5.69 Å². The Morgan fingerprint density at radius 3 is 2.61 bits per heavy atom. The zero-order valence-corrected chi connectivity index (χ0v) is 13.5. The van der Waals surface area contributed by atoms with Crippen LogP contribution in [-0.4, -0.2) is 36.6 Å². The highest BCUT2D eigenvalue weighted by molar-refractivity contribution is 5.80. The molecule has 0 bridgehead atoms. The number of hydrogen-bond donors (Lipinski definition) is 3. The number of rotatable bonds is 7. The summed E-state index contributed by atoms with van der Waals surface area (Å²) in [5.41, 5.74) is 0.961. The molecule has 7 heteroatoms. The van der Waals surface area contributed by atoms with Gasteiger partial charge in [-0.1, -0.05) is 12.8 Å². The molecule has 0 heterocycles. The third-order valence-corrected chi connectivity index (χ3v) is 3.83. The Kier molecular flexibility index (Phi) is 6.65. The lowest BCUT2D eigenvalue weighted by molar-refractivity contribution is -0.384. The van der Waals surface area contributed by atoms with Crippen molar-refractivity contribution >= 4 is 17.3 Å². The van der Waals surface area contributed by atoms with Gasteiger partial charge in [0.05, 0.1) is 11.5 Å². The van der Waals surface area contributed by atoms with E-state index in [1.807, 2.05) is 0 Å². The van der Waals surface area contributed by atoms with Gasteiger partial charge in [-0.25, -0.2) is 0 Å². The maximum Gasteiger partial charge on any atom is 0.269 e. The molecule has 2 rings (SSSR count). The van der Waals surface area contributed by atoms with Gasteiger partial charge in [0.1, 0.15) is 0 Å². The molecule has 126 valence electrons. The van der Waals surface area contributed by atoms with E-state index in [0.29, 0.717) is 19.1 Å².